The lowest BCUT2D eigenvalue weighted by Gasteiger charge is -2.29. The number of rotatable bonds is 3. The molecule has 1 saturated carbocycles. The van der Waals surface area contributed by atoms with Crippen LogP contribution in [0.1, 0.15) is 68.5 Å². The van der Waals surface area contributed by atoms with Gasteiger partial charge in [0.25, 0.3) is 0 Å². The highest BCUT2D eigenvalue weighted by atomic mass is 16.2. The van der Waals surface area contributed by atoms with Gasteiger partial charge in [0.2, 0.25) is 5.91 Å². The summed E-state index contributed by atoms with van der Waals surface area (Å²) < 4.78 is 2.48. The molecule has 2 aromatic rings. The Balaban J connectivity index is 1.73. The molecule has 128 valence electrons. The summed E-state index contributed by atoms with van der Waals surface area (Å²) in [6.07, 6.45) is 10.1. The summed E-state index contributed by atoms with van der Waals surface area (Å²) in [6, 6.07) is 7.18. The Morgan fingerprint density at radius 3 is 2.67 bits per heavy atom. The van der Waals surface area contributed by atoms with Crippen LogP contribution >= 0.6 is 0 Å². The summed E-state index contributed by atoms with van der Waals surface area (Å²) in [5.41, 5.74) is 3.82. The van der Waals surface area contributed by atoms with Crippen LogP contribution in [0.2, 0.25) is 0 Å². The van der Waals surface area contributed by atoms with Crippen LogP contribution < -0.4 is 5.32 Å². The number of fused-ring (bicyclic) bond motifs is 1. The molecule has 2 aliphatic rings. The molecular formula is C21H28N2O. The smallest absolute Gasteiger partial charge is 0.227 e. The van der Waals surface area contributed by atoms with Gasteiger partial charge in [-0.3, -0.25) is 4.79 Å². The average Bonchev–Trinajstić information content (AvgIpc) is 3.18. The van der Waals surface area contributed by atoms with Gasteiger partial charge in [0, 0.05) is 29.7 Å². The molecule has 0 bridgehead atoms. The lowest BCUT2D eigenvalue weighted by Crippen LogP contribution is -2.19. The van der Waals surface area contributed by atoms with E-state index in [4.69, 9.17) is 0 Å². The lowest BCUT2D eigenvalue weighted by molar-refractivity contribution is -0.120. The number of hydrogen-bond donors (Lipinski definition) is 1. The molecule has 2 heterocycles. The third kappa shape index (κ3) is 2.64. The predicted octanol–water partition coefficient (Wildman–Crippen LogP) is 4.69. The van der Waals surface area contributed by atoms with Crippen molar-refractivity contribution in [2.45, 2.75) is 64.3 Å². The molecule has 2 unspecified atom stereocenters. The van der Waals surface area contributed by atoms with Gasteiger partial charge in [-0.25, -0.2) is 0 Å². The number of nitrogens with zero attached hydrogens (tertiary/aromatic N) is 1. The van der Waals surface area contributed by atoms with E-state index in [0.717, 1.165) is 18.9 Å². The quantitative estimate of drug-likeness (QED) is 0.873. The van der Waals surface area contributed by atoms with Gasteiger partial charge in [-0.05, 0) is 56.2 Å². The van der Waals surface area contributed by atoms with Crippen LogP contribution in [0, 0.1) is 12.8 Å². The van der Waals surface area contributed by atoms with E-state index in [2.05, 4.69) is 48.1 Å². The van der Waals surface area contributed by atoms with Crippen LogP contribution in [0.25, 0.3) is 10.9 Å². The Bertz CT molecular complexity index is 755. The van der Waals surface area contributed by atoms with E-state index in [1.165, 1.54) is 54.1 Å². The summed E-state index contributed by atoms with van der Waals surface area (Å²) in [7, 11) is 0. The highest BCUT2D eigenvalue weighted by Gasteiger charge is 2.27. The summed E-state index contributed by atoms with van der Waals surface area (Å²) >= 11 is 0. The first-order valence-electron chi connectivity index (χ1n) is 9.54. The Labute approximate surface area is 144 Å². The minimum absolute atomic E-state index is 0.0306. The summed E-state index contributed by atoms with van der Waals surface area (Å²) in [5.74, 6) is 1.000. The van der Waals surface area contributed by atoms with E-state index in [1.54, 1.807) is 0 Å². The fourth-order valence-electron chi connectivity index (χ4n) is 4.75. The average molecular weight is 324 g/mol. The van der Waals surface area contributed by atoms with Gasteiger partial charge in [0.15, 0.2) is 0 Å². The molecule has 3 nitrogen and oxygen atoms in total. The van der Waals surface area contributed by atoms with E-state index >= 15 is 0 Å². The molecule has 1 aromatic heterocycles. The second-order valence-electron chi connectivity index (χ2n) is 7.77. The highest BCUT2D eigenvalue weighted by molar-refractivity contribution is 5.89. The number of carbonyl (C=O) groups excluding carboxylic acids is 1. The van der Waals surface area contributed by atoms with Gasteiger partial charge >= 0.3 is 0 Å². The van der Waals surface area contributed by atoms with Crippen molar-refractivity contribution in [2.24, 2.45) is 5.92 Å². The molecule has 2 atom stereocenters. The fraction of sp³-hybridized carbons (Fsp3) is 0.571. The minimum Gasteiger partial charge on any atom is -0.356 e. The van der Waals surface area contributed by atoms with Gasteiger partial charge in [-0.1, -0.05) is 31.4 Å². The normalized spacial score (nSPS) is 23.6. The maximum absolute atomic E-state index is 12.1. The van der Waals surface area contributed by atoms with Crippen molar-refractivity contribution in [3.8, 4) is 0 Å². The van der Waals surface area contributed by atoms with Gasteiger partial charge in [-0.15, -0.1) is 0 Å². The summed E-state index contributed by atoms with van der Waals surface area (Å²) in [6.45, 7) is 5.39. The molecule has 1 N–H and O–H groups in total. The maximum Gasteiger partial charge on any atom is 0.227 e. The number of aromatic nitrogens is 1. The molecule has 1 aliphatic heterocycles. The van der Waals surface area contributed by atoms with Crippen molar-refractivity contribution in [1.82, 2.24) is 9.88 Å². The van der Waals surface area contributed by atoms with Crippen molar-refractivity contribution < 1.29 is 4.79 Å². The number of carbonyl (C=O) groups is 1. The molecule has 1 aromatic carbocycles. The van der Waals surface area contributed by atoms with Crippen LogP contribution in [0.15, 0.2) is 24.4 Å². The van der Waals surface area contributed by atoms with Crippen molar-refractivity contribution in [1.29, 1.82) is 0 Å². The Morgan fingerprint density at radius 1 is 1.17 bits per heavy atom. The molecule has 4 rings (SSSR count). The molecule has 24 heavy (non-hydrogen) atoms. The predicted molar refractivity (Wildman–Crippen MR) is 98.3 cm³/mol. The van der Waals surface area contributed by atoms with Crippen molar-refractivity contribution >= 4 is 16.8 Å². The lowest BCUT2D eigenvalue weighted by atomic mass is 9.84. The third-order valence-corrected chi connectivity index (χ3v) is 6.28. The van der Waals surface area contributed by atoms with Gasteiger partial charge < -0.3 is 9.88 Å². The zero-order valence-corrected chi connectivity index (χ0v) is 14.8. The van der Waals surface area contributed by atoms with Crippen molar-refractivity contribution in [3.05, 3.63) is 35.5 Å². The number of nitrogens with one attached hydrogen (secondary N) is 1. The SMILES string of the molecule is Cc1cn(C(C)C2CCCCC2)c2cc(C3CCNC3=O)ccc12. The Hall–Kier alpha value is -1.77. The molecule has 1 amide bonds. The second kappa shape index (κ2) is 6.27. The van der Waals surface area contributed by atoms with Crippen molar-refractivity contribution in [3.63, 3.8) is 0 Å². The van der Waals surface area contributed by atoms with E-state index in [9.17, 15) is 4.79 Å². The molecule has 2 fully saturated rings. The standard InChI is InChI=1S/C21H28N2O/c1-14-13-23(15(2)16-6-4-3-5-7-16)20-12-17(8-9-18(14)20)19-10-11-22-21(19)24/h8-9,12-13,15-16,19H,3-7,10-11H2,1-2H3,(H,22,24). The molecule has 3 heteroatoms. The van der Waals surface area contributed by atoms with Crippen LogP contribution in [0.3, 0.4) is 0 Å². The molecule has 0 radical (unpaired) electrons. The van der Waals surface area contributed by atoms with E-state index < -0.39 is 0 Å². The molecule has 0 spiro atoms. The van der Waals surface area contributed by atoms with Crippen LogP contribution in [-0.2, 0) is 4.79 Å². The van der Waals surface area contributed by atoms with Crippen LogP contribution in [-0.4, -0.2) is 17.0 Å². The minimum atomic E-state index is 0.0306. The Morgan fingerprint density at radius 2 is 1.96 bits per heavy atom. The first-order valence-corrected chi connectivity index (χ1v) is 9.54. The van der Waals surface area contributed by atoms with Crippen molar-refractivity contribution in [2.75, 3.05) is 6.54 Å². The molecule has 1 aliphatic carbocycles. The third-order valence-electron chi connectivity index (χ3n) is 6.28. The summed E-state index contributed by atoms with van der Waals surface area (Å²) in [5, 5.41) is 4.30. The monoisotopic (exact) mass is 324 g/mol. The molecular weight excluding hydrogens is 296 g/mol. The van der Waals surface area contributed by atoms with Gasteiger partial charge in [0.1, 0.15) is 0 Å². The second-order valence-corrected chi connectivity index (χ2v) is 7.77. The van der Waals surface area contributed by atoms with Crippen LogP contribution in [0.4, 0.5) is 0 Å². The van der Waals surface area contributed by atoms with E-state index in [-0.39, 0.29) is 11.8 Å². The zero-order valence-electron chi connectivity index (χ0n) is 14.8. The van der Waals surface area contributed by atoms with E-state index in [0.29, 0.717) is 6.04 Å². The first kappa shape index (κ1) is 15.7. The topological polar surface area (TPSA) is 34.0 Å². The summed E-state index contributed by atoms with van der Waals surface area (Å²) in [4.78, 5) is 12.1. The maximum atomic E-state index is 12.1. The first-order chi connectivity index (χ1) is 11.6. The largest absolute Gasteiger partial charge is 0.356 e. The van der Waals surface area contributed by atoms with Crippen LogP contribution in [0.5, 0.6) is 0 Å². The number of amides is 1. The van der Waals surface area contributed by atoms with E-state index in [1.807, 2.05) is 0 Å². The number of hydrogen-bond acceptors (Lipinski definition) is 1. The Kier molecular flexibility index (Phi) is 4.11. The highest BCUT2D eigenvalue weighted by Crippen LogP contribution is 2.36. The fourth-order valence-corrected chi connectivity index (χ4v) is 4.75. The number of aryl methyl sites for hydroxylation is 1. The molecule has 1 saturated heterocycles. The zero-order chi connectivity index (χ0) is 16.7. The van der Waals surface area contributed by atoms with Gasteiger partial charge in [-0.2, -0.15) is 0 Å². The number of benzene rings is 1. The van der Waals surface area contributed by atoms with Gasteiger partial charge in [0.05, 0.1) is 5.92 Å².